The molecule has 1 rings (SSSR count). The summed E-state index contributed by atoms with van der Waals surface area (Å²) in [7, 11) is 2.10. The summed E-state index contributed by atoms with van der Waals surface area (Å²) in [6.45, 7) is 8.20. The van der Waals surface area contributed by atoms with Gasteiger partial charge in [-0.15, -0.1) is 0 Å². The Labute approximate surface area is 114 Å². The molecule has 18 heavy (non-hydrogen) atoms. The van der Waals surface area contributed by atoms with Crippen molar-refractivity contribution in [3.63, 3.8) is 0 Å². The van der Waals surface area contributed by atoms with Gasteiger partial charge in [0.1, 0.15) is 5.82 Å². The van der Waals surface area contributed by atoms with Crippen LogP contribution in [0.15, 0.2) is 18.2 Å². The number of rotatable bonds is 6. The van der Waals surface area contributed by atoms with Gasteiger partial charge >= 0.3 is 0 Å². The van der Waals surface area contributed by atoms with E-state index in [-0.39, 0.29) is 16.9 Å². The molecular formula is C14H22ClFN2. The van der Waals surface area contributed by atoms with E-state index in [2.05, 4.69) is 31.1 Å². The highest BCUT2D eigenvalue weighted by atomic mass is 35.5. The van der Waals surface area contributed by atoms with Gasteiger partial charge in [0.05, 0.1) is 5.02 Å². The summed E-state index contributed by atoms with van der Waals surface area (Å²) in [6.07, 6.45) is 0. The third-order valence-electron chi connectivity index (χ3n) is 3.24. The Bertz CT molecular complexity index is 382. The molecule has 0 spiro atoms. The van der Waals surface area contributed by atoms with Gasteiger partial charge in [-0.25, -0.2) is 4.39 Å². The molecule has 2 nitrogen and oxygen atoms in total. The summed E-state index contributed by atoms with van der Waals surface area (Å²) in [6, 6.07) is 5.61. The van der Waals surface area contributed by atoms with Crippen molar-refractivity contribution in [3.8, 4) is 0 Å². The lowest BCUT2D eigenvalue weighted by atomic mass is 10.1. The molecule has 1 N–H and O–H groups in total. The molecule has 0 saturated heterocycles. The zero-order chi connectivity index (χ0) is 13.7. The molecule has 0 saturated carbocycles. The zero-order valence-electron chi connectivity index (χ0n) is 11.5. The minimum absolute atomic E-state index is 0.123. The van der Waals surface area contributed by atoms with Gasteiger partial charge in [0.15, 0.2) is 0 Å². The first kappa shape index (κ1) is 15.4. The van der Waals surface area contributed by atoms with Gasteiger partial charge in [-0.2, -0.15) is 0 Å². The Morgan fingerprint density at radius 1 is 1.33 bits per heavy atom. The van der Waals surface area contributed by atoms with Crippen LogP contribution in [0, 0.1) is 5.82 Å². The van der Waals surface area contributed by atoms with Crippen LogP contribution in [0.25, 0.3) is 0 Å². The molecule has 1 aromatic carbocycles. The predicted octanol–water partition coefficient (Wildman–Crippen LogP) is 3.47. The van der Waals surface area contributed by atoms with Crippen molar-refractivity contribution in [1.82, 2.24) is 10.2 Å². The largest absolute Gasteiger partial charge is 0.309 e. The molecule has 0 heterocycles. The average Bonchev–Trinajstić information content (AvgIpc) is 2.32. The van der Waals surface area contributed by atoms with Gasteiger partial charge < -0.3 is 10.2 Å². The predicted molar refractivity (Wildman–Crippen MR) is 75.6 cm³/mol. The molecule has 1 aromatic rings. The van der Waals surface area contributed by atoms with E-state index >= 15 is 0 Å². The molecule has 0 aromatic heterocycles. The highest BCUT2D eigenvalue weighted by Crippen LogP contribution is 2.19. The second-order valence-corrected chi connectivity index (χ2v) is 5.33. The maximum absolute atomic E-state index is 13.3. The van der Waals surface area contributed by atoms with E-state index in [1.54, 1.807) is 6.07 Å². The summed E-state index contributed by atoms with van der Waals surface area (Å²) >= 11 is 5.66. The second kappa shape index (κ2) is 7.07. The molecule has 0 aliphatic rings. The third kappa shape index (κ3) is 4.56. The maximum Gasteiger partial charge on any atom is 0.142 e. The standard InChI is InChI=1S/C14H22ClFN2/c1-10(2)18(4)8-7-17-11(3)12-5-6-13(15)14(16)9-12/h5-6,9-11,17H,7-8H2,1-4H3. The number of likely N-dealkylation sites (N-methyl/N-ethyl adjacent to an activating group) is 1. The van der Waals surface area contributed by atoms with E-state index in [4.69, 9.17) is 11.6 Å². The van der Waals surface area contributed by atoms with Crippen LogP contribution in [0.4, 0.5) is 4.39 Å². The molecule has 0 aliphatic carbocycles. The van der Waals surface area contributed by atoms with E-state index in [1.807, 2.05) is 13.0 Å². The van der Waals surface area contributed by atoms with E-state index in [1.165, 1.54) is 6.07 Å². The van der Waals surface area contributed by atoms with Crippen molar-refractivity contribution in [2.75, 3.05) is 20.1 Å². The summed E-state index contributed by atoms with van der Waals surface area (Å²) in [5, 5.41) is 3.55. The first-order chi connectivity index (χ1) is 8.41. The Morgan fingerprint density at radius 2 is 2.00 bits per heavy atom. The van der Waals surface area contributed by atoms with Crippen LogP contribution in [-0.4, -0.2) is 31.1 Å². The molecule has 0 fully saturated rings. The van der Waals surface area contributed by atoms with Gasteiger partial charge in [-0.3, -0.25) is 0 Å². The van der Waals surface area contributed by atoms with Crippen molar-refractivity contribution in [3.05, 3.63) is 34.6 Å². The fourth-order valence-corrected chi connectivity index (χ4v) is 1.73. The van der Waals surface area contributed by atoms with Crippen LogP contribution in [0.3, 0.4) is 0 Å². The smallest absolute Gasteiger partial charge is 0.142 e. The van der Waals surface area contributed by atoms with Crippen LogP contribution < -0.4 is 5.32 Å². The monoisotopic (exact) mass is 272 g/mol. The normalized spacial score (nSPS) is 13.3. The molecule has 0 radical (unpaired) electrons. The number of hydrogen-bond donors (Lipinski definition) is 1. The van der Waals surface area contributed by atoms with Gasteiger partial charge in [0.25, 0.3) is 0 Å². The molecule has 1 atom stereocenters. The zero-order valence-corrected chi connectivity index (χ0v) is 12.3. The van der Waals surface area contributed by atoms with Crippen LogP contribution in [0.5, 0.6) is 0 Å². The SMILES string of the molecule is CC(NCCN(C)C(C)C)c1ccc(Cl)c(F)c1. The highest BCUT2D eigenvalue weighted by molar-refractivity contribution is 6.30. The van der Waals surface area contributed by atoms with Gasteiger partial charge in [-0.05, 0) is 45.5 Å². The molecule has 0 bridgehead atoms. The van der Waals surface area contributed by atoms with Crippen LogP contribution in [0.1, 0.15) is 32.4 Å². The Kier molecular flexibility index (Phi) is 6.06. The van der Waals surface area contributed by atoms with Crippen LogP contribution in [0.2, 0.25) is 5.02 Å². The van der Waals surface area contributed by atoms with E-state index in [9.17, 15) is 4.39 Å². The van der Waals surface area contributed by atoms with Gasteiger partial charge in [0.2, 0.25) is 0 Å². The fraction of sp³-hybridized carbons (Fsp3) is 0.571. The second-order valence-electron chi connectivity index (χ2n) is 4.92. The fourth-order valence-electron chi connectivity index (χ4n) is 1.62. The van der Waals surface area contributed by atoms with Crippen molar-refractivity contribution < 1.29 is 4.39 Å². The van der Waals surface area contributed by atoms with Crippen LogP contribution >= 0.6 is 11.6 Å². The summed E-state index contributed by atoms with van der Waals surface area (Å²) in [4.78, 5) is 2.27. The number of benzene rings is 1. The summed E-state index contributed by atoms with van der Waals surface area (Å²) in [5.74, 6) is -0.359. The summed E-state index contributed by atoms with van der Waals surface area (Å²) in [5.41, 5.74) is 0.920. The topological polar surface area (TPSA) is 15.3 Å². The van der Waals surface area contributed by atoms with Crippen molar-refractivity contribution in [2.45, 2.75) is 32.9 Å². The maximum atomic E-state index is 13.3. The Balaban J connectivity index is 2.45. The lowest BCUT2D eigenvalue weighted by Gasteiger charge is -2.22. The number of nitrogens with zero attached hydrogens (tertiary/aromatic N) is 1. The van der Waals surface area contributed by atoms with E-state index < -0.39 is 0 Å². The molecule has 102 valence electrons. The number of hydrogen-bond acceptors (Lipinski definition) is 2. The molecule has 0 aliphatic heterocycles. The average molecular weight is 273 g/mol. The van der Waals surface area contributed by atoms with Crippen LogP contribution in [-0.2, 0) is 0 Å². The first-order valence-corrected chi connectivity index (χ1v) is 6.68. The van der Waals surface area contributed by atoms with Crippen molar-refractivity contribution in [1.29, 1.82) is 0 Å². The third-order valence-corrected chi connectivity index (χ3v) is 3.55. The quantitative estimate of drug-likeness (QED) is 0.853. The lowest BCUT2D eigenvalue weighted by molar-refractivity contribution is 0.270. The minimum Gasteiger partial charge on any atom is -0.309 e. The van der Waals surface area contributed by atoms with Crippen molar-refractivity contribution in [2.24, 2.45) is 0 Å². The van der Waals surface area contributed by atoms with Gasteiger partial charge in [0, 0.05) is 25.2 Å². The molecular weight excluding hydrogens is 251 g/mol. The number of halogens is 2. The Morgan fingerprint density at radius 3 is 2.56 bits per heavy atom. The lowest BCUT2D eigenvalue weighted by Crippen LogP contribution is -2.34. The molecule has 0 amide bonds. The first-order valence-electron chi connectivity index (χ1n) is 6.30. The van der Waals surface area contributed by atoms with Gasteiger partial charge in [-0.1, -0.05) is 17.7 Å². The number of nitrogens with one attached hydrogen (secondary N) is 1. The molecule has 4 heteroatoms. The Hall–Kier alpha value is -0.640. The summed E-state index contributed by atoms with van der Waals surface area (Å²) < 4.78 is 13.3. The van der Waals surface area contributed by atoms with E-state index in [0.29, 0.717) is 6.04 Å². The van der Waals surface area contributed by atoms with Crippen molar-refractivity contribution >= 4 is 11.6 Å². The molecule has 1 unspecified atom stereocenters. The van der Waals surface area contributed by atoms with E-state index in [0.717, 1.165) is 18.7 Å². The highest BCUT2D eigenvalue weighted by Gasteiger charge is 2.09. The minimum atomic E-state index is -0.359.